The van der Waals surface area contributed by atoms with Gasteiger partial charge in [-0.1, -0.05) is 18.1 Å². The van der Waals surface area contributed by atoms with E-state index in [9.17, 15) is 4.79 Å². The van der Waals surface area contributed by atoms with Crippen molar-refractivity contribution in [3.05, 3.63) is 24.3 Å². The monoisotopic (exact) mass is 217 g/mol. The minimum atomic E-state index is -0.0479. The number of nitrogens with zero attached hydrogens (tertiary/aromatic N) is 1. The first-order valence-electron chi connectivity index (χ1n) is 4.74. The molecule has 0 aromatic heterocycles. The highest BCUT2D eigenvalue weighted by molar-refractivity contribution is 8.00. The lowest BCUT2D eigenvalue weighted by Crippen LogP contribution is -2.39. The third-order valence-electron chi connectivity index (χ3n) is 2.32. The van der Waals surface area contributed by atoms with E-state index >= 15 is 0 Å². The molecule has 1 aromatic rings. The summed E-state index contributed by atoms with van der Waals surface area (Å²) in [6, 6.07) is 7.85. The Morgan fingerprint density at radius 1 is 1.53 bits per heavy atom. The Hall–Kier alpha value is -1.40. The molecule has 0 N–H and O–H groups in total. The number of fused-ring (bicyclic) bond motifs is 1. The summed E-state index contributed by atoms with van der Waals surface area (Å²) in [5.74, 6) is 2.62. The molecule has 0 saturated heterocycles. The highest BCUT2D eigenvalue weighted by atomic mass is 32.2. The van der Waals surface area contributed by atoms with Crippen LogP contribution in [-0.4, -0.2) is 17.7 Å². The van der Waals surface area contributed by atoms with E-state index in [1.807, 2.05) is 31.2 Å². The van der Waals surface area contributed by atoms with Gasteiger partial charge in [0.05, 0.1) is 17.5 Å². The van der Waals surface area contributed by atoms with Gasteiger partial charge in [0.2, 0.25) is 5.91 Å². The first-order chi connectivity index (χ1) is 7.24. The van der Waals surface area contributed by atoms with E-state index in [2.05, 4.69) is 5.92 Å². The number of thioether (sulfide) groups is 1. The third-order valence-corrected chi connectivity index (χ3v) is 3.48. The number of rotatable bonds is 1. The zero-order valence-corrected chi connectivity index (χ0v) is 9.25. The van der Waals surface area contributed by atoms with Gasteiger partial charge in [-0.05, 0) is 19.1 Å². The maximum atomic E-state index is 11.9. The molecule has 1 amide bonds. The van der Waals surface area contributed by atoms with Crippen molar-refractivity contribution in [2.24, 2.45) is 0 Å². The normalized spacial score (nSPS) is 19.6. The van der Waals surface area contributed by atoms with E-state index in [0.717, 1.165) is 10.6 Å². The van der Waals surface area contributed by atoms with Crippen molar-refractivity contribution < 1.29 is 4.79 Å². The molecule has 15 heavy (non-hydrogen) atoms. The topological polar surface area (TPSA) is 20.3 Å². The lowest BCUT2D eigenvalue weighted by Gasteiger charge is -2.30. The Labute approximate surface area is 93.7 Å². The van der Waals surface area contributed by atoms with E-state index in [1.54, 1.807) is 16.7 Å². The molecule has 0 radical (unpaired) electrons. The van der Waals surface area contributed by atoms with Crippen LogP contribution in [0.15, 0.2) is 29.2 Å². The summed E-state index contributed by atoms with van der Waals surface area (Å²) in [6.07, 6.45) is 5.27. The number of benzene rings is 1. The van der Waals surface area contributed by atoms with Crippen molar-refractivity contribution in [2.45, 2.75) is 17.1 Å². The van der Waals surface area contributed by atoms with Crippen molar-refractivity contribution in [3.63, 3.8) is 0 Å². The third kappa shape index (κ3) is 1.73. The fourth-order valence-corrected chi connectivity index (χ4v) is 2.68. The van der Waals surface area contributed by atoms with E-state index in [1.165, 1.54) is 0 Å². The van der Waals surface area contributed by atoms with Crippen molar-refractivity contribution in [1.29, 1.82) is 0 Å². The zero-order chi connectivity index (χ0) is 10.8. The second-order valence-electron chi connectivity index (χ2n) is 3.36. The Balaban J connectivity index is 2.45. The molecule has 1 aliphatic heterocycles. The molecule has 0 saturated carbocycles. The largest absolute Gasteiger partial charge is 0.299 e. The number of carbonyl (C=O) groups is 1. The van der Waals surface area contributed by atoms with Crippen LogP contribution in [0.1, 0.15) is 6.92 Å². The Morgan fingerprint density at radius 2 is 2.27 bits per heavy atom. The molecule has 1 unspecified atom stereocenters. The zero-order valence-electron chi connectivity index (χ0n) is 8.43. The lowest BCUT2D eigenvalue weighted by atomic mass is 10.2. The first kappa shape index (κ1) is 10.1. The number of anilines is 1. The molecule has 0 bridgehead atoms. The molecule has 2 rings (SSSR count). The summed E-state index contributed by atoms with van der Waals surface area (Å²) in [6.45, 7) is 2.26. The van der Waals surface area contributed by atoms with Gasteiger partial charge in [0.1, 0.15) is 0 Å². The molecule has 1 atom stereocenters. The van der Waals surface area contributed by atoms with Crippen LogP contribution < -0.4 is 4.90 Å². The van der Waals surface area contributed by atoms with Crippen molar-refractivity contribution in [1.82, 2.24) is 0 Å². The van der Waals surface area contributed by atoms with Gasteiger partial charge in [-0.2, -0.15) is 0 Å². The van der Waals surface area contributed by atoms with Gasteiger partial charge >= 0.3 is 0 Å². The SMILES string of the molecule is C#CCN1C(=O)C(C)Sc2ccccc21. The van der Waals surface area contributed by atoms with Crippen molar-refractivity contribution in [2.75, 3.05) is 11.4 Å². The van der Waals surface area contributed by atoms with Crippen LogP contribution in [0.2, 0.25) is 0 Å². The number of terminal acetylenes is 1. The average Bonchev–Trinajstić information content (AvgIpc) is 2.25. The Kier molecular flexibility index (Phi) is 2.70. The summed E-state index contributed by atoms with van der Waals surface area (Å²) in [4.78, 5) is 14.7. The van der Waals surface area contributed by atoms with Gasteiger partial charge in [0.25, 0.3) is 0 Å². The number of carbonyl (C=O) groups excluding carboxylic acids is 1. The van der Waals surface area contributed by atoms with E-state index in [4.69, 9.17) is 6.42 Å². The van der Waals surface area contributed by atoms with Crippen molar-refractivity contribution >= 4 is 23.4 Å². The van der Waals surface area contributed by atoms with Crippen LogP contribution >= 0.6 is 11.8 Å². The minimum Gasteiger partial charge on any atom is -0.299 e. The summed E-state index contributed by atoms with van der Waals surface area (Å²) in [7, 11) is 0. The maximum Gasteiger partial charge on any atom is 0.241 e. The number of hydrogen-bond acceptors (Lipinski definition) is 2. The maximum absolute atomic E-state index is 11.9. The molecule has 0 spiro atoms. The quantitative estimate of drug-likeness (QED) is 0.672. The van der Waals surface area contributed by atoms with Crippen LogP contribution in [0, 0.1) is 12.3 Å². The standard InChI is InChI=1S/C12H11NOS/c1-3-8-13-10-6-4-5-7-11(10)15-9(2)12(13)14/h1,4-7,9H,8H2,2H3. The van der Waals surface area contributed by atoms with E-state index in [0.29, 0.717) is 6.54 Å². The summed E-state index contributed by atoms with van der Waals surface area (Å²) in [5.41, 5.74) is 0.934. The fourth-order valence-electron chi connectivity index (χ4n) is 1.61. The van der Waals surface area contributed by atoms with Crippen molar-refractivity contribution in [3.8, 4) is 12.3 Å². The molecular weight excluding hydrogens is 206 g/mol. The Bertz CT molecular complexity index is 435. The molecule has 0 aliphatic carbocycles. The summed E-state index contributed by atoms with van der Waals surface area (Å²) < 4.78 is 0. The highest BCUT2D eigenvalue weighted by Crippen LogP contribution is 2.38. The van der Waals surface area contributed by atoms with Crippen LogP contribution in [-0.2, 0) is 4.79 Å². The molecule has 1 heterocycles. The molecule has 1 aliphatic rings. The van der Waals surface area contributed by atoms with Crippen LogP contribution in [0.4, 0.5) is 5.69 Å². The second kappa shape index (κ2) is 4.00. The van der Waals surface area contributed by atoms with Gasteiger partial charge < -0.3 is 0 Å². The molecular formula is C12H11NOS. The molecule has 2 nitrogen and oxygen atoms in total. The van der Waals surface area contributed by atoms with Gasteiger partial charge in [-0.25, -0.2) is 0 Å². The number of para-hydroxylation sites is 1. The van der Waals surface area contributed by atoms with Gasteiger partial charge in [-0.15, -0.1) is 18.2 Å². The smallest absolute Gasteiger partial charge is 0.241 e. The average molecular weight is 217 g/mol. The Morgan fingerprint density at radius 3 is 3.00 bits per heavy atom. The number of amides is 1. The highest BCUT2D eigenvalue weighted by Gasteiger charge is 2.29. The fraction of sp³-hybridized carbons (Fsp3) is 0.250. The van der Waals surface area contributed by atoms with Gasteiger partial charge in [0.15, 0.2) is 0 Å². The van der Waals surface area contributed by atoms with E-state index < -0.39 is 0 Å². The summed E-state index contributed by atoms with van der Waals surface area (Å²) in [5, 5.41) is -0.0479. The predicted octanol–water partition coefficient (Wildman–Crippen LogP) is 2.15. The molecule has 76 valence electrons. The predicted molar refractivity (Wildman–Crippen MR) is 62.9 cm³/mol. The van der Waals surface area contributed by atoms with Crippen LogP contribution in [0.25, 0.3) is 0 Å². The van der Waals surface area contributed by atoms with Gasteiger partial charge in [0, 0.05) is 4.90 Å². The molecule has 0 fully saturated rings. The molecule has 1 aromatic carbocycles. The van der Waals surface area contributed by atoms with Gasteiger partial charge in [-0.3, -0.25) is 9.69 Å². The number of hydrogen-bond donors (Lipinski definition) is 0. The second-order valence-corrected chi connectivity index (χ2v) is 4.74. The minimum absolute atomic E-state index is 0.0479. The lowest BCUT2D eigenvalue weighted by molar-refractivity contribution is -0.117. The van der Waals surface area contributed by atoms with Crippen LogP contribution in [0.5, 0.6) is 0 Å². The van der Waals surface area contributed by atoms with E-state index in [-0.39, 0.29) is 11.2 Å². The molecule has 3 heteroatoms. The first-order valence-corrected chi connectivity index (χ1v) is 5.62. The van der Waals surface area contributed by atoms with Crippen LogP contribution in [0.3, 0.4) is 0 Å². The summed E-state index contributed by atoms with van der Waals surface area (Å²) >= 11 is 1.59.